The number of nitrogens with one attached hydrogen (secondary N) is 1. The summed E-state index contributed by atoms with van der Waals surface area (Å²) in [6.07, 6.45) is 102. The summed E-state index contributed by atoms with van der Waals surface area (Å²) in [6.45, 7) is 4.20. The van der Waals surface area contributed by atoms with E-state index in [2.05, 4.69) is 141 Å². The molecule has 0 aliphatic carbocycles. The van der Waals surface area contributed by atoms with Crippen molar-refractivity contribution >= 4 is 5.91 Å². The predicted molar refractivity (Wildman–Crippen MR) is 340 cm³/mol. The van der Waals surface area contributed by atoms with Crippen molar-refractivity contribution in [3.63, 3.8) is 0 Å². The summed E-state index contributed by atoms with van der Waals surface area (Å²) in [5.41, 5.74) is 0. The van der Waals surface area contributed by atoms with Crippen LogP contribution >= 0.6 is 0 Å². The number of hydrogen-bond donors (Lipinski definition) is 3. The molecule has 0 saturated heterocycles. The smallest absolute Gasteiger partial charge is 0.220 e. The van der Waals surface area contributed by atoms with E-state index in [1.54, 1.807) is 6.08 Å². The minimum absolute atomic E-state index is 0.0797. The van der Waals surface area contributed by atoms with Crippen molar-refractivity contribution in [1.82, 2.24) is 5.32 Å². The van der Waals surface area contributed by atoms with Gasteiger partial charge in [-0.1, -0.05) is 321 Å². The number of carbonyl (C=O) groups is 1. The summed E-state index contributed by atoms with van der Waals surface area (Å²) in [7, 11) is 0. The molecule has 0 spiro atoms. The van der Waals surface area contributed by atoms with E-state index in [9.17, 15) is 15.0 Å². The van der Waals surface area contributed by atoms with Crippen LogP contribution in [0.1, 0.15) is 296 Å². The Balaban J connectivity index is 3.59. The monoisotopic (exact) mass is 1050 g/mol. The van der Waals surface area contributed by atoms with E-state index in [0.29, 0.717) is 6.42 Å². The SMILES string of the molecule is CC/C=C\C/C=C\C/C=C\C/C=C\C/C=C\C/C=C\C/C=C\C/C=C\C/C=C\CCCCCCCCCCCCCC(=O)NC(CO)C(O)/C=C/CC/C=C/CCCCCCCCCCCCCCCCCCCCC. The van der Waals surface area contributed by atoms with Gasteiger partial charge in [-0.2, -0.15) is 0 Å². The highest BCUT2D eigenvalue weighted by molar-refractivity contribution is 5.76. The largest absolute Gasteiger partial charge is 0.394 e. The van der Waals surface area contributed by atoms with Crippen molar-refractivity contribution in [2.24, 2.45) is 0 Å². The Kier molecular flexibility index (Phi) is 62.8. The van der Waals surface area contributed by atoms with E-state index in [0.717, 1.165) is 89.9 Å². The number of rotatable bonds is 58. The molecule has 0 aromatic carbocycles. The van der Waals surface area contributed by atoms with Gasteiger partial charge in [0.15, 0.2) is 0 Å². The third-order valence-corrected chi connectivity index (χ3v) is 14.1. The van der Waals surface area contributed by atoms with Crippen LogP contribution in [0.4, 0.5) is 0 Å². The molecule has 0 aromatic heterocycles. The number of allylic oxidation sites excluding steroid dienone is 21. The highest BCUT2D eigenvalue weighted by Crippen LogP contribution is 2.16. The van der Waals surface area contributed by atoms with Crippen LogP contribution in [0.2, 0.25) is 0 Å². The van der Waals surface area contributed by atoms with E-state index >= 15 is 0 Å². The second-order valence-corrected chi connectivity index (χ2v) is 21.4. The van der Waals surface area contributed by atoms with E-state index in [-0.39, 0.29) is 12.5 Å². The zero-order chi connectivity index (χ0) is 54.8. The van der Waals surface area contributed by atoms with Crippen LogP contribution in [0.5, 0.6) is 0 Å². The Morgan fingerprint density at radius 2 is 0.592 bits per heavy atom. The molecule has 434 valence electrons. The molecule has 3 N–H and O–H groups in total. The number of hydrogen-bond acceptors (Lipinski definition) is 3. The van der Waals surface area contributed by atoms with Gasteiger partial charge in [0.05, 0.1) is 18.8 Å². The molecule has 0 aliphatic heterocycles. The molecular formula is C72H123NO3. The molecule has 0 radical (unpaired) electrons. The van der Waals surface area contributed by atoms with Crippen molar-refractivity contribution in [1.29, 1.82) is 0 Å². The van der Waals surface area contributed by atoms with Gasteiger partial charge < -0.3 is 15.5 Å². The number of aliphatic hydroxyl groups is 2. The third-order valence-electron chi connectivity index (χ3n) is 14.1. The standard InChI is InChI=1S/C72H123NO3/c1-3-5-7-9-11-13-15-17-19-21-23-25-27-29-30-31-32-33-34-35-36-37-38-39-40-41-42-44-46-48-50-52-54-56-58-60-62-64-66-68-72(76)73-70(69-74)71(75)67-65-63-61-59-57-55-53-51-49-47-45-43-28-26-24-22-20-18-16-14-12-10-8-6-4-2/h5,7,11,13,17,19,23,25,29-30,32-33,35-36,38-39,41-42,57,59,65,67,70-71,74-75H,3-4,6,8-10,12,14-16,18,20-22,24,26-28,31,34,37,40,43-56,58,60-64,66,68-69H2,1-2H3,(H,73,76)/b7-5-,13-11-,19-17-,25-23-,30-29-,33-32-,36-35-,39-38-,42-41-,59-57+,67-65+. The van der Waals surface area contributed by atoms with Gasteiger partial charge in [-0.25, -0.2) is 0 Å². The first-order valence-corrected chi connectivity index (χ1v) is 32.4. The maximum absolute atomic E-state index is 12.5. The fourth-order valence-electron chi connectivity index (χ4n) is 9.25. The van der Waals surface area contributed by atoms with E-state index < -0.39 is 12.1 Å². The van der Waals surface area contributed by atoms with Gasteiger partial charge in [0.25, 0.3) is 0 Å². The van der Waals surface area contributed by atoms with Gasteiger partial charge in [-0.3, -0.25) is 4.79 Å². The zero-order valence-corrected chi connectivity index (χ0v) is 50.0. The summed E-state index contributed by atoms with van der Waals surface area (Å²) in [4.78, 5) is 12.5. The van der Waals surface area contributed by atoms with E-state index in [4.69, 9.17) is 0 Å². The molecule has 0 fully saturated rings. The predicted octanol–water partition coefficient (Wildman–Crippen LogP) is 22.1. The quantitative estimate of drug-likeness (QED) is 0.0420. The normalized spacial score (nSPS) is 13.7. The lowest BCUT2D eigenvalue weighted by Gasteiger charge is -2.19. The molecule has 0 heterocycles. The Morgan fingerprint density at radius 3 is 0.921 bits per heavy atom. The van der Waals surface area contributed by atoms with Gasteiger partial charge in [0.1, 0.15) is 0 Å². The molecule has 0 bridgehead atoms. The van der Waals surface area contributed by atoms with Crippen LogP contribution in [0, 0.1) is 0 Å². The van der Waals surface area contributed by atoms with Crippen molar-refractivity contribution < 1.29 is 15.0 Å². The number of aliphatic hydroxyl groups excluding tert-OH is 2. The van der Waals surface area contributed by atoms with E-state index in [1.165, 1.54) is 186 Å². The molecule has 0 aliphatic rings. The van der Waals surface area contributed by atoms with Gasteiger partial charge in [0, 0.05) is 6.42 Å². The minimum atomic E-state index is -0.873. The summed E-state index contributed by atoms with van der Waals surface area (Å²) in [5, 5.41) is 23.2. The van der Waals surface area contributed by atoms with Crippen molar-refractivity contribution in [2.45, 2.75) is 309 Å². The molecule has 76 heavy (non-hydrogen) atoms. The average molecular weight is 1050 g/mol. The third kappa shape index (κ3) is 61.4. The topological polar surface area (TPSA) is 69.6 Å². The summed E-state index contributed by atoms with van der Waals surface area (Å²) >= 11 is 0. The Labute approximate surface area is 472 Å². The molecule has 2 unspecified atom stereocenters. The van der Waals surface area contributed by atoms with Gasteiger partial charge in [-0.15, -0.1) is 0 Å². The van der Waals surface area contributed by atoms with Gasteiger partial charge >= 0.3 is 0 Å². The van der Waals surface area contributed by atoms with Crippen LogP contribution < -0.4 is 5.32 Å². The highest BCUT2D eigenvalue weighted by Gasteiger charge is 2.18. The number of carbonyl (C=O) groups excluding carboxylic acids is 1. The lowest BCUT2D eigenvalue weighted by atomic mass is 10.0. The molecule has 4 nitrogen and oxygen atoms in total. The first-order valence-electron chi connectivity index (χ1n) is 32.4. The van der Waals surface area contributed by atoms with Crippen LogP contribution in [0.25, 0.3) is 0 Å². The van der Waals surface area contributed by atoms with Gasteiger partial charge in [-0.05, 0) is 103 Å². The Hall–Kier alpha value is -3.47. The van der Waals surface area contributed by atoms with Gasteiger partial charge in [0.2, 0.25) is 5.91 Å². The molecule has 4 heteroatoms. The second-order valence-electron chi connectivity index (χ2n) is 21.4. The fourth-order valence-corrected chi connectivity index (χ4v) is 9.25. The molecule has 0 rings (SSSR count). The lowest BCUT2D eigenvalue weighted by molar-refractivity contribution is -0.123. The molecule has 0 aromatic rings. The maximum Gasteiger partial charge on any atom is 0.220 e. The molecule has 2 atom stereocenters. The van der Waals surface area contributed by atoms with Crippen molar-refractivity contribution in [3.05, 3.63) is 134 Å². The zero-order valence-electron chi connectivity index (χ0n) is 50.0. The number of amides is 1. The van der Waals surface area contributed by atoms with Crippen LogP contribution in [-0.2, 0) is 4.79 Å². The second kappa shape index (κ2) is 65.8. The molecule has 1 amide bonds. The first-order chi connectivity index (χ1) is 37.7. The summed E-state index contributed by atoms with van der Waals surface area (Å²) in [5.74, 6) is -0.0797. The van der Waals surface area contributed by atoms with Crippen molar-refractivity contribution in [2.75, 3.05) is 6.61 Å². The average Bonchev–Trinajstić information content (AvgIpc) is 3.42. The minimum Gasteiger partial charge on any atom is -0.394 e. The Morgan fingerprint density at radius 1 is 0.329 bits per heavy atom. The lowest BCUT2D eigenvalue weighted by Crippen LogP contribution is -2.45. The van der Waals surface area contributed by atoms with E-state index in [1.807, 2.05) is 6.08 Å². The maximum atomic E-state index is 12.5. The summed E-state index contributed by atoms with van der Waals surface area (Å²) in [6, 6.07) is -0.651. The van der Waals surface area contributed by atoms with Crippen LogP contribution in [0.3, 0.4) is 0 Å². The van der Waals surface area contributed by atoms with Crippen molar-refractivity contribution in [3.8, 4) is 0 Å². The molecule has 0 saturated carbocycles. The summed E-state index contributed by atoms with van der Waals surface area (Å²) < 4.78 is 0. The fraction of sp³-hybridized carbons (Fsp3) is 0.681. The van der Waals surface area contributed by atoms with Crippen LogP contribution in [-0.4, -0.2) is 34.9 Å². The molecular weight excluding hydrogens is 927 g/mol. The van der Waals surface area contributed by atoms with Crippen LogP contribution in [0.15, 0.2) is 134 Å². The first kappa shape index (κ1) is 72.5. The number of unbranched alkanes of at least 4 members (excludes halogenated alkanes) is 31. The Bertz CT molecular complexity index is 1520. The highest BCUT2D eigenvalue weighted by atomic mass is 16.3.